The molecule has 0 fully saturated rings. The summed E-state index contributed by atoms with van der Waals surface area (Å²) in [6.07, 6.45) is 2.01. The Morgan fingerprint density at radius 1 is 0.848 bits per heavy atom. The number of benzene rings is 2. The first-order valence-corrected chi connectivity index (χ1v) is 12.3. The highest BCUT2D eigenvalue weighted by molar-refractivity contribution is 5.70. The predicted molar refractivity (Wildman–Crippen MR) is 139 cm³/mol. The zero-order chi connectivity index (χ0) is 24.1. The van der Waals surface area contributed by atoms with E-state index in [1.54, 1.807) is 0 Å². The minimum atomic E-state index is 0.0654. The van der Waals surface area contributed by atoms with Crippen LogP contribution in [0.5, 0.6) is 11.5 Å². The van der Waals surface area contributed by atoms with Crippen molar-refractivity contribution in [2.45, 2.75) is 86.9 Å². The summed E-state index contributed by atoms with van der Waals surface area (Å²) in [7, 11) is 0. The van der Waals surface area contributed by atoms with Crippen LogP contribution >= 0.6 is 0 Å². The summed E-state index contributed by atoms with van der Waals surface area (Å²) in [5.41, 5.74) is 9.25. The fourth-order valence-corrected chi connectivity index (χ4v) is 4.30. The first kappa shape index (κ1) is 24.8. The van der Waals surface area contributed by atoms with E-state index < -0.39 is 0 Å². The van der Waals surface area contributed by atoms with E-state index in [1.807, 2.05) is 0 Å². The Kier molecular flexibility index (Phi) is 8.18. The van der Waals surface area contributed by atoms with Crippen molar-refractivity contribution in [3.63, 3.8) is 0 Å². The van der Waals surface area contributed by atoms with Gasteiger partial charge in [-0.25, -0.2) is 0 Å². The van der Waals surface area contributed by atoms with Gasteiger partial charge in [-0.2, -0.15) is 0 Å². The molecule has 33 heavy (non-hydrogen) atoms. The van der Waals surface area contributed by atoms with E-state index >= 15 is 0 Å². The zero-order valence-corrected chi connectivity index (χ0v) is 21.6. The maximum Gasteiger partial charge on any atom is 0.130 e. The minimum Gasteiger partial charge on any atom is -0.490 e. The minimum absolute atomic E-state index is 0.0654. The molecule has 3 heteroatoms. The molecule has 0 aliphatic heterocycles. The van der Waals surface area contributed by atoms with E-state index in [4.69, 9.17) is 14.5 Å². The van der Waals surface area contributed by atoms with Gasteiger partial charge in [-0.05, 0) is 74.8 Å². The average molecular weight is 446 g/mol. The quantitative estimate of drug-likeness (QED) is 0.334. The lowest BCUT2D eigenvalue weighted by molar-refractivity contribution is 0.229. The van der Waals surface area contributed by atoms with Crippen LogP contribution in [0.15, 0.2) is 42.5 Å². The molecule has 0 saturated heterocycles. The van der Waals surface area contributed by atoms with Crippen LogP contribution in [-0.2, 0) is 19.4 Å². The molecule has 0 saturated carbocycles. The van der Waals surface area contributed by atoms with Gasteiger partial charge in [0.1, 0.15) is 18.1 Å². The fourth-order valence-electron chi connectivity index (χ4n) is 4.30. The number of aromatic nitrogens is 1. The zero-order valence-electron chi connectivity index (χ0n) is 21.6. The predicted octanol–water partition coefficient (Wildman–Crippen LogP) is 7.98. The molecular formula is C30H39NO2. The molecule has 0 amide bonds. The highest BCUT2D eigenvalue weighted by atomic mass is 16.5. The molecular weight excluding hydrogens is 406 g/mol. The van der Waals surface area contributed by atoms with Crippen LogP contribution in [0.1, 0.15) is 81.0 Å². The summed E-state index contributed by atoms with van der Waals surface area (Å²) in [6.45, 7) is 17.5. The van der Waals surface area contributed by atoms with E-state index in [9.17, 15) is 0 Å². The molecule has 0 radical (unpaired) electrons. The van der Waals surface area contributed by atoms with Crippen molar-refractivity contribution in [3.8, 4) is 22.8 Å². The lowest BCUT2D eigenvalue weighted by Gasteiger charge is -2.21. The van der Waals surface area contributed by atoms with Crippen molar-refractivity contribution in [3.05, 3.63) is 76.0 Å². The largest absolute Gasteiger partial charge is 0.490 e. The summed E-state index contributed by atoms with van der Waals surface area (Å²) < 4.78 is 12.7. The van der Waals surface area contributed by atoms with Crippen LogP contribution in [0.2, 0.25) is 0 Å². The van der Waals surface area contributed by atoms with Crippen molar-refractivity contribution >= 4 is 0 Å². The standard InChI is InChI=1S/C30H39NO2/c1-9-23-12-11-13-24(10-2)30(23)27-17-29(33-20(5)6)26(22(8)31-27)18-32-28-16-21(7)14-15-25(28)19(3)4/h11-17,19-20H,9-10,18H2,1-8H3. The molecule has 0 aliphatic rings. The Bertz CT molecular complexity index is 1080. The third-order valence-corrected chi connectivity index (χ3v) is 6.07. The Morgan fingerprint density at radius 3 is 2.09 bits per heavy atom. The smallest absolute Gasteiger partial charge is 0.130 e. The third-order valence-electron chi connectivity index (χ3n) is 6.07. The van der Waals surface area contributed by atoms with Crippen LogP contribution in [0.4, 0.5) is 0 Å². The second-order valence-electron chi connectivity index (χ2n) is 9.38. The summed E-state index contributed by atoms with van der Waals surface area (Å²) in [5.74, 6) is 2.19. The van der Waals surface area contributed by atoms with Gasteiger partial charge in [-0.15, -0.1) is 0 Å². The van der Waals surface area contributed by atoms with Gasteiger partial charge in [0.05, 0.1) is 17.4 Å². The maximum atomic E-state index is 6.38. The normalized spacial score (nSPS) is 11.3. The summed E-state index contributed by atoms with van der Waals surface area (Å²) in [4.78, 5) is 5.06. The molecule has 176 valence electrons. The van der Waals surface area contributed by atoms with Gasteiger partial charge in [0.15, 0.2) is 0 Å². The van der Waals surface area contributed by atoms with E-state index in [1.165, 1.54) is 27.8 Å². The lowest BCUT2D eigenvalue weighted by atomic mass is 9.94. The molecule has 0 unspecified atom stereocenters. The highest BCUT2D eigenvalue weighted by Crippen LogP contribution is 2.35. The Hall–Kier alpha value is -2.81. The first-order valence-electron chi connectivity index (χ1n) is 12.3. The van der Waals surface area contributed by atoms with Crippen LogP contribution < -0.4 is 9.47 Å². The maximum absolute atomic E-state index is 6.38. The summed E-state index contributed by atoms with van der Waals surface area (Å²) in [5, 5.41) is 0. The molecule has 0 aliphatic carbocycles. The van der Waals surface area contributed by atoms with Crippen LogP contribution in [-0.4, -0.2) is 11.1 Å². The molecule has 3 aromatic rings. The van der Waals surface area contributed by atoms with Crippen molar-refractivity contribution in [1.29, 1.82) is 0 Å². The van der Waals surface area contributed by atoms with Gasteiger partial charge in [0, 0.05) is 17.3 Å². The average Bonchev–Trinajstić information content (AvgIpc) is 2.77. The van der Waals surface area contributed by atoms with E-state index in [-0.39, 0.29) is 6.10 Å². The molecule has 0 N–H and O–H groups in total. The van der Waals surface area contributed by atoms with Gasteiger partial charge in [-0.3, -0.25) is 4.98 Å². The molecule has 0 atom stereocenters. The third kappa shape index (κ3) is 5.76. The van der Waals surface area contributed by atoms with Gasteiger partial charge >= 0.3 is 0 Å². The summed E-state index contributed by atoms with van der Waals surface area (Å²) in [6, 6.07) is 15.1. The first-order chi connectivity index (χ1) is 15.7. The molecule has 3 nitrogen and oxygen atoms in total. The number of pyridine rings is 1. The summed E-state index contributed by atoms with van der Waals surface area (Å²) >= 11 is 0. The highest BCUT2D eigenvalue weighted by Gasteiger charge is 2.18. The number of hydrogen-bond donors (Lipinski definition) is 0. The second kappa shape index (κ2) is 10.9. The fraction of sp³-hybridized carbons (Fsp3) is 0.433. The lowest BCUT2D eigenvalue weighted by Crippen LogP contribution is -2.12. The van der Waals surface area contributed by atoms with E-state index in [0.717, 1.165) is 41.3 Å². The second-order valence-corrected chi connectivity index (χ2v) is 9.38. The van der Waals surface area contributed by atoms with Gasteiger partial charge in [-0.1, -0.05) is 58.0 Å². The molecule has 3 rings (SSSR count). The molecule has 2 aromatic carbocycles. The van der Waals surface area contributed by atoms with Gasteiger partial charge in [0.25, 0.3) is 0 Å². The molecule has 0 spiro atoms. The number of nitrogens with zero attached hydrogens (tertiary/aromatic N) is 1. The number of aryl methyl sites for hydroxylation is 4. The van der Waals surface area contributed by atoms with Crippen molar-refractivity contribution < 1.29 is 9.47 Å². The van der Waals surface area contributed by atoms with Crippen LogP contribution in [0.3, 0.4) is 0 Å². The van der Waals surface area contributed by atoms with E-state index in [0.29, 0.717) is 12.5 Å². The Labute approximate surface area is 200 Å². The Balaban J connectivity index is 2.06. The van der Waals surface area contributed by atoms with Crippen molar-refractivity contribution in [2.75, 3.05) is 0 Å². The molecule has 1 heterocycles. The number of hydrogen-bond acceptors (Lipinski definition) is 3. The van der Waals surface area contributed by atoms with Crippen molar-refractivity contribution in [1.82, 2.24) is 4.98 Å². The SMILES string of the molecule is CCc1cccc(CC)c1-c1cc(OC(C)C)c(COc2cc(C)ccc2C(C)C)c(C)n1. The molecule has 0 bridgehead atoms. The Morgan fingerprint density at radius 2 is 1.52 bits per heavy atom. The van der Waals surface area contributed by atoms with E-state index in [2.05, 4.69) is 97.9 Å². The molecule has 1 aromatic heterocycles. The monoisotopic (exact) mass is 445 g/mol. The van der Waals surface area contributed by atoms with Crippen LogP contribution in [0.25, 0.3) is 11.3 Å². The van der Waals surface area contributed by atoms with Crippen molar-refractivity contribution in [2.24, 2.45) is 0 Å². The van der Waals surface area contributed by atoms with Gasteiger partial charge in [0.2, 0.25) is 0 Å². The number of ether oxygens (including phenoxy) is 2. The number of rotatable bonds is 9. The van der Waals surface area contributed by atoms with Crippen LogP contribution in [0, 0.1) is 13.8 Å². The topological polar surface area (TPSA) is 31.4 Å². The van der Waals surface area contributed by atoms with Gasteiger partial charge < -0.3 is 9.47 Å².